The summed E-state index contributed by atoms with van der Waals surface area (Å²) in [5.41, 5.74) is 2.16. The van der Waals surface area contributed by atoms with Gasteiger partial charge in [0.15, 0.2) is 0 Å². The highest BCUT2D eigenvalue weighted by molar-refractivity contribution is 6.07. The quantitative estimate of drug-likeness (QED) is 0.406. The molecule has 0 unspecified atom stereocenters. The molecule has 0 aliphatic rings. The van der Waals surface area contributed by atoms with Gasteiger partial charge in [-0.05, 0) is 62.2 Å². The molecular weight excluding hydrogens is 443 g/mol. The lowest BCUT2D eigenvalue weighted by Gasteiger charge is -2.25. The lowest BCUT2D eigenvalue weighted by molar-refractivity contribution is -0.137. The summed E-state index contributed by atoms with van der Waals surface area (Å²) in [6.07, 6.45) is -4.18. The summed E-state index contributed by atoms with van der Waals surface area (Å²) in [5.74, 6) is -0.401. The Hall–Kier alpha value is -3.81. The van der Waals surface area contributed by atoms with Gasteiger partial charge in [0.05, 0.1) is 5.56 Å². The van der Waals surface area contributed by atoms with Crippen LogP contribution in [0.5, 0.6) is 0 Å². The van der Waals surface area contributed by atoms with Crippen molar-refractivity contribution in [3.8, 4) is 0 Å². The summed E-state index contributed by atoms with van der Waals surface area (Å²) < 4.78 is 39.8. The maximum Gasteiger partial charge on any atom is 0.416 e. The number of amides is 3. The first-order valence-corrected chi connectivity index (χ1v) is 10.8. The zero-order valence-electron chi connectivity index (χ0n) is 18.9. The molecule has 34 heavy (non-hydrogen) atoms. The molecule has 3 aromatic rings. The smallest absolute Gasteiger partial charge is 0.338 e. The van der Waals surface area contributed by atoms with Crippen LogP contribution in [0.15, 0.2) is 72.8 Å². The number of rotatable bonds is 7. The van der Waals surface area contributed by atoms with Crippen molar-refractivity contribution in [2.45, 2.75) is 26.4 Å². The Balaban J connectivity index is 1.70. The van der Waals surface area contributed by atoms with Crippen LogP contribution in [0.3, 0.4) is 0 Å². The first-order chi connectivity index (χ1) is 16.1. The number of benzene rings is 3. The molecule has 0 bridgehead atoms. The second-order valence-corrected chi connectivity index (χ2v) is 7.92. The predicted octanol–water partition coefficient (Wildman–Crippen LogP) is 6.18. The number of hydrogen-bond donors (Lipinski definition) is 2. The Morgan fingerprint density at radius 2 is 1.62 bits per heavy atom. The summed E-state index contributed by atoms with van der Waals surface area (Å²) in [4.78, 5) is 26.7. The van der Waals surface area contributed by atoms with E-state index in [1.807, 2.05) is 19.1 Å². The molecule has 2 N–H and O–H groups in total. The van der Waals surface area contributed by atoms with Crippen LogP contribution in [0.1, 0.15) is 33.5 Å². The lowest BCUT2D eigenvalue weighted by Crippen LogP contribution is -2.36. The van der Waals surface area contributed by atoms with Crippen LogP contribution in [0.4, 0.5) is 29.3 Å². The van der Waals surface area contributed by atoms with Crippen LogP contribution in [0.2, 0.25) is 0 Å². The van der Waals surface area contributed by atoms with Gasteiger partial charge in [0.2, 0.25) is 0 Å². The van der Waals surface area contributed by atoms with Crippen molar-refractivity contribution in [2.24, 2.45) is 0 Å². The van der Waals surface area contributed by atoms with Crippen molar-refractivity contribution < 1.29 is 22.8 Å². The number of anilines is 2. The Labute approximate surface area is 196 Å². The SMILES string of the molecule is Cc1ccc(NC(=O)NCCCN(C(=O)c2ccccc2C)c2cccc(C(F)(F)F)c2)cc1. The predicted molar refractivity (Wildman–Crippen MR) is 127 cm³/mol. The molecular formula is C26H26F3N3O2. The molecule has 3 rings (SSSR count). The van der Waals surface area contributed by atoms with Gasteiger partial charge in [0.1, 0.15) is 0 Å². The minimum absolute atomic E-state index is 0.124. The van der Waals surface area contributed by atoms with Gasteiger partial charge in [-0.1, -0.05) is 42.0 Å². The van der Waals surface area contributed by atoms with E-state index in [1.54, 1.807) is 43.3 Å². The topological polar surface area (TPSA) is 61.4 Å². The molecule has 0 spiro atoms. The van der Waals surface area contributed by atoms with Crippen molar-refractivity contribution in [3.63, 3.8) is 0 Å². The zero-order valence-corrected chi connectivity index (χ0v) is 18.9. The van der Waals surface area contributed by atoms with E-state index in [-0.39, 0.29) is 18.8 Å². The second kappa shape index (κ2) is 10.9. The normalized spacial score (nSPS) is 11.1. The third-order valence-corrected chi connectivity index (χ3v) is 5.26. The van der Waals surface area contributed by atoms with Crippen LogP contribution >= 0.6 is 0 Å². The molecule has 0 heterocycles. The molecule has 0 saturated carbocycles. The summed E-state index contributed by atoms with van der Waals surface area (Å²) in [6.45, 7) is 4.07. The maximum absolute atomic E-state index is 13.3. The number of hydrogen-bond acceptors (Lipinski definition) is 2. The number of carbonyl (C=O) groups excluding carboxylic acids is 2. The minimum Gasteiger partial charge on any atom is -0.338 e. The fourth-order valence-corrected chi connectivity index (χ4v) is 3.41. The van der Waals surface area contributed by atoms with E-state index in [1.165, 1.54) is 17.0 Å². The number of aryl methyl sites for hydroxylation is 2. The van der Waals surface area contributed by atoms with Crippen molar-refractivity contribution >= 4 is 23.3 Å². The van der Waals surface area contributed by atoms with Gasteiger partial charge in [0.25, 0.3) is 5.91 Å². The summed E-state index contributed by atoms with van der Waals surface area (Å²) in [5, 5.41) is 5.42. The van der Waals surface area contributed by atoms with Crippen LogP contribution in [0.25, 0.3) is 0 Å². The molecule has 178 valence electrons. The monoisotopic (exact) mass is 469 g/mol. The van der Waals surface area contributed by atoms with E-state index < -0.39 is 23.7 Å². The van der Waals surface area contributed by atoms with Gasteiger partial charge in [0, 0.05) is 30.0 Å². The van der Waals surface area contributed by atoms with Gasteiger partial charge < -0.3 is 15.5 Å². The number of nitrogens with one attached hydrogen (secondary N) is 2. The Morgan fingerprint density at radius 1 is 0.912 bits per heavy atom. The third kappa shape index (κ3) is 6.60. The zero-order chi connectivity index (χ0) is 24.7. The summed E-state index contributed by atoms with van der Waals surface area (Å²) >= 11 is 0. The third-order valence-electron chi connectivity index (χ3n) is 5.26. The van der Waals surface area contributed by atoms with E-state index in [0.29, 0.717) is 17.7 Å². The second-order valence-electron chi connectivity index (χ2n) is 7.92. The first kappa shape index (κ1) is 24.8. The highest BCUT2D eigenvalue weighted by atomic mass is 19.4. The first-order valence-electron chi connectivity index (χ1n) is 10.8. The molecule has 3 aromatic carbocycles. The molecule has 8 heteroatoms. The van der Waals surface area contributed by atoms with E-state index >= 15 is 0 Å². The number of alkyl halides is 3. The number of urea groups is 1. The van der Waals surface area contributed by atoms with Gasteiger partial charge in [-0.3, -0.25) is 4.79 Å². The van der Waals surface area contributed by atoms with E-state index in [4.69, 9.17) is 0 Å². The highest BCUT2D eigenvalue weighted by Crippen LogP contribution is 2.32. The average molecular weight is 470 g/mol. The van der Waals surface area contributed by atoms with Crippen LogP contribution in [-0.2, 0) is 6.18 Å². The van der Waals surface area contributed by atoms with Crippen LogP contribution in [0, 0.1) is 13.8 Å². The molecule has 0 aromatic heterocycles. The van der Waals surface area contributed by atoms with Gasteiger partial charge in [-0.15, -0.1) is 0 Å². The van der Waals surface area contributed by atoms with E-state index in [0.717, 1.165) is 23.3 Å². The molecule has 5 nitrogen and oxygen atoms in total. The molecule has 0 saturated heterocycles. The maximum atomic E-state index is 13.3. The van der Waals surface area contributed by atoms with Crippen molar-refractivity contribution in [3.05, 3.63) is 95.1 Å². The average Bonchev–Trinajstić information content (AvgIpc) is 2.80. The van der Waals surface area contributed by atoms with Crippen LogP contribution < -0.4 is 15.5 Å². The Morgan fingerprint density at radius 3 is 2.29 bits per heavy atom. The number of carbonyl (C=O) groups is 2. The fourth-order valence-electron chi connectivity index (χ4n) is 3.41. The molecule has 0 aliphatic carbocycles. The molecule has 0 radical (unpaired) electrons. The van der Waals surface area contributed by atoms with Crippen molar-refractivity contribution in [2.75, 3.05) is 23.3 Å². The van der Waals surface area contributed by atoms with Gasteiger partial charge >= 0.3 is 12.2 Å². The lowest BCUT2D eigenvalue weighted by atomic mass is 10.1. The molecule has 0 fully saturated rings. The Kier molecular flexibility index (Phi) is 7.94. The van der Waals surface area contributed by atoms with Gasteiger partial charge in [-0.2, -0.15) is 13.2 Å². The van der Waals surface area contributed by atoms with Crippen molar-refractivity contribution in [1.29, 1.82) is 0 Å². The Bertz CT molecular complexity index is 1140. The van der Waals surface area contributed by atoms with Crippen LogP contribution in [-0.4, -0.2) is 25.0 Å². The number of halogens is 3. The number of nitrogens with zero attached hydrogens (tertiary/aromatic N) is 1. The summed E-state index contributed by atoms with van der Waals surface area (Å²) in [7, 11) is 0. The standard InChI is InChI=1S/C26H26F3N3O2/c1-18-11-13-21(14-12-18)31-25(34)30-15-6-16-32(24(33)23-10-4-3-7-19(23)2)22-9-5-8-20(17-22)26(27,28)29/h3-5,7-14,17H,6,15-16H2,1-2H3,(H2,30,31,34). The van der Waals surface area contributed by atoms with E-state index in [9.17, 15) is 22.8 Å². The van der Waals surface area contributed by atoms with Crippen molar-refractivity contribution in [1.82, 2.24) is 5.32 Å². The molecule has 0 atom stereocenters. The van der Waals surface area contributed by atoms with Gasteiger partial charge in [-0.25, -0.2) is 4.79 Å². The molecule has 3 amide bonds. The molecule has 0 aliphatic heterocycles. The highest BCUT2D eigenvalue weighted by Gasteiger charge is 2.31. The minimum atomic E-state index is -4.52. The van der Waals surface area contributed by atoms with E-state index in [2.05, 4.69) is 10.6 Å². The fraction of sp³-hybridized carbons (Fsp3) is 0.231. The summed E-state index contributed by atoms with van der Waals surface area (Å²) in [6, 6.07) is 18.5. The largest absolute Gasteiger partial charge is 0.416 e.